The number of hydrogen-bond donors (Lipinski definition) is 1. The van der Waals surface area contributed by atoms with Gasteiger partial charge in [0.1, 0.15) is 24.2 Å². The van der Waals surface area contributed by atoms with Crippen LogP contribution in [0.15, 0.2) is 43.2 Å². The second-order valence-corrected chi connectivity index (χ2v) is 5.44. The van der Waals surface area contributed by atoms with Crippen LogP contribution in [0.5, 0.6) is 5.75 Å². The molecule has 8 nitrogen and oxygen atoms in total. The first-order chi connectivity index (χ1) is 12.2. The van der Waals surface area contributed by atoms with Crippen molar-refractivity contribution < 1.29 is 9.53 Å². The van der Waals surface area contributed by atoms with E-state index in [4.69, 9.17) is 4.74 Å². The van der Waals surface area contributed by atoms with Crippen LogP contribution >= 0.6 is 0 Å². The molecule has 0 atom stereocenters. The Morgan fingerprint density at radius 2 is 2.08 bits per heavy atom. The zero-order valence-corrected chi connectivity index (χ0v) is 14.2. The van der Waals surface area contributed by atoms with Crippen LogP contribution in [-0.2, 0) is 17.8 Å². The Morgan fingerprint density at radius 1 is 1.28 bits per heavy atom. The van der Waals surface area contributed by atoms with Crippen LogP contribution in [0.4, 0.5) is 5.69 Å². The molecule has 1 N–H and O–H groups in total. The molecule has 2 heterocycles. The first kappa shape index (κ1) is 16.7. The van der Waals surface area contributed by atoms with Crippen molar-refractivity contribution in [2.24, 2.45) is 0 Å². The summed E-state index contributed by atoms with van der Waals surface area (Å²) in [5.74, 6) is 1.48. The first-order valence-corrected chi connectivity index (χ1v) is 8.04. The number of aryl methyl sites for hydroxylation is 2. The highest BCUT2D eigenvalue weighted by atomic mass is 16.5. The summed E-state index contributed by atoms with van der Waals surface area (Å²) >= 11 is 0. The fourth-order valence-electron chi connectivity index (χ4n) is 2.58. The Morgan fingerprint density at radius 3 is 2.80 bits per heavy atom. The number of rotatable bonds is 7. The summed E-state index contributed by atoms with van der Waals surface area (Å²) in [4.78, 5) is 16.6. The van der Waals surface area contributed by atoms with Gasteiger partial charge in [0, 0.05) is 31.8 Å². The van der Waals surface area contributed by atoms with Crippen LogP contribution in [0.2, 0.25) is 0 Å². The predicted molar refractivity (Wildman–Crippen MR) is 92.8 cm³/mol. The van der Waals surface area contributed by atoms with Gasteiger partial charge in [-0.1, -0.05) is 6.92 Å². The van der Waals surface area contributed by atoms with Gasteiger partial charge >= 0.3 is 0 Å². The molecule has 0 saturated carbocycles. The fourth-order valence-corrected chi connectivity index (χ4v) is 2.58. The number of imidazole rings is 1. The van der Waals surface area contributed by atoms with Gasteiger partial charge in [-0.2, -0.15) is 0 Å². The first-order valence-electron chi connectivity index (χ1n) is 8.04. The second-order valence-electron chi connectivity index (χ2n) is 5.44. The Kier molecular flexibility index (Phi) is 5.08. The maximum Gasteiger partial charge on any atom is 0.226 e. The maximum absolute atomic E-state index is 12.3. The van der Waals surface area contributed by atoms with Crippen molar-refractivity contribution in [3.63, 3.8) is 0 Å². The van der Waals surface area contributed by atoms with Gasteiger partial charge in [-0.15, -0.1) is 10.2 Å². The number of carbonyl (C=O) groups excluding carboxylic acids is 1. The van der Waals surface area contributed by atoms with Gasteiger partial charge < -0.3 is 14.6 Å². The molecule has 2 aromatic heterocycles. The molecular formula is C17H20N6O2. The molecule has 1 aromatic carbocycles. The van der Waals surface area contributed by atoms with Crippen molar-refractivity contribution in [2.75, 3.05) is 12.4 Å². The molecule has 3 aromatic rings. The van der Waals surface area contributed by atoms with Crippen LogP contribution in [0.3, 0.4) is 0 Å². The van der Waals surface area contributed by atoms with Crippen molar-refractivity contribution in [1.29, 1.82) is 0 Å². The van der Waals surface area contributed by atoms with Crippen molar-refractivity contribution >= 4 is 11.6 Å². The third-order valence-electron chi connectivity index (χ3n) is 3.87. The lowest BCUT2D eigenvalue weighted by molar-refractivity contribution is -0.116. The normalized spacial score (nSPS) is 10.6. The number of amides is 1. The molecule has 0 spiro atoms. The molecule has 0 fully saturated rings. The minimum atomic E-state index is -0.0880. The Labute approximate surface area is 145 Å². The fraction of sp³-hybridized carbons (Fsp3) is 0.294. The lowest BCUT2D eigenvalue weighted by atomic mass is 10.2. The molecule has 0 unspecified atom stereocenters. The summed E-state index contributed by atoms with van der Waals surface area (Å²) in [6.07, 6.45) is 8.02. The van der Waals surface area contributed by atoms with Gasteiger partial charge in [0.2, 0.25) is 5.91 Å². The Hall–Kier alpha value is -3.16. The zero-order valence-electron chi connectivity index (χ0n) is 14.2. The number of aromatic nitrogens is 5. The number of methoxy groups -OCH3 is 1. The van der Waals surface area contributed by atoms with Gasteiger partial charge in [0.25, 0.3) is 0 Å². The highest BCUT2D eigenvalue weighted by molar-refractivity contribution is 5.92. The predicted octanol–water partition coefficient (Wildman–Crippen LogP) is 2.06. The number of carbonyl (C=O) groups is 1. The van der Waals surface area contributed by atoms with Crippen molar-refractivity contribution in [3.05, 3.63) is 49.1 Å². The number of ether oxygens (including phenoxy) is 1. The van der Waals surface area contributed by atoms with Crippen LogP contribution in [0, 0.1) is 0 Å². The standard InChI is InChI=1S/C17H20N6O2/c1-3-16-18-7-9-22(16)8-6-17(24)21-14-10-13(4-5-15(14)25-2)23-11-19-20-12-23/h4-5,7,9-12H,3,6,8H2,1-2H3,(H,21,24). The monoisotopic (exact) mass is 340 g/mol. The molecule has 1 amide bonds. The molecule has 25 heavy (non-hydrogen) atoms. The molecule has 0 aliphatic rings. The maximum atomic E-state index is 12.3. The lowest BCUT2D eigenvalue weighted by Gasteiger charge is -2.13. The lowest BCUT2D eigenvalue weighted by Crippen LogP contribution is -2.16. The molecule has 8 heteroatoms. The van der Waals surface area contributed by atoms with Crippen LogP contribution in [0.1, 0.15) is 19.2 Å². The summed E-state index contributed by atoms with van der Waals surface area (Å²) < 4.78 is 9.08. The van der Waals surface area contributed by atoms with E-state index in [0.717, 1.165) is 17.9 Å². The van der Waals surface area contributed by atoms with Gasteiger partial charge in [-0.05, 0) is 18.2 Å². The third-order valence-corrected chi connectivity index (χ3v) is 3.87. The van der Waals surface area contributed by atoms with Crippen molar-refractivity contribution in [2.45, 2.75) is 26.3 Å². The molecule has 3 rings (SSSR count). The largest absolute Gasteiger partial charge is 0.495 e. The minimum Gasteiger partial charge on any atom is -0.495 e. The summed E-state index contributed by atoms with van der Waals surface area (Å²) in [6.45, 7) is 2.63. The number of nitrogens with zero attached hydrogens (tertiary/aromatic N) is 5. The number of anilines is 1. The average molecular weight is 340 g/mol. The summed E-state index contributed by atoms with van der Waals surface area (Å²) in [5.41, 5.74) is 1.45. The van der Waals surface area contributed by atoms with Crippen LogP contribution in [-0.4, -0.2) is 37.3 Å². The molecule has 0 saturated heterocycles. The Balaban J connectivity index is 1.70. The van der Waals surface area contributed by atoms with E-state index < -0.39 is 0 Å². The van der Waals surface area contributed by atoms with E-state index >= 15 is 0 Å². The van der Waals surface area contributed by atoms with Crippen molar-refractivity contribution in [3.8, 4) is 11.4 Å². The summed E-state index contributed by atoms with van der Waals surface area (Å²) in [5, 5.41) is 10.5. The van der Waals surface area contributed by atoms with E-state index in [-0.39, 0.29) is 5.91 Å². The van der Waals surface area contributed by atoms with E-state index in [1.54, 1.807) is 36.6 Å². The molecule has 130 valence electrons. The third kappa shape index (κ3) is 3.85. The highest BCUT2D eigenvalue weighted by Gasteiger charge is 2.10. The highest BCUT2D eigenvalue weighted by Crippen LogP contribution is 2.27. The molecule has 0 bridgehead atoms. The zero-order chi connectivity index (χ0) is 17.6. The molecule has 0 radical (unpaired) electrons. The molecular weight excluding hydrogens is 320 g/mol. The van der Waals surface area contributed by atoms with E-state index in [9.17, 15) is 4.79 Å². The molecule has 0 aliphatic carbocycles. The summed E-state index contributed by atoms with van der Waals surface area (Å²) in [7, 11) is 1.57. The van der Waals surface area contributed by atoms with Gasteiger partial charge in [-0.3, -0.25) is 9.36 Å². The van der Waals surface area contributed by atoms with Gasteiger partial charge in [-0.25, -0.2) is 4.98 Å². The number of nitrogens with one attached hydrogen (secondary N) is 1. The SMILES string of the molecule is CCc1nccn1CCC(=O)Nc1cc(-n2cnnc2)ccc1OC. The number of hydrogen-bond acceptors (Lipinski definition) is 5. The quantitative estimate of drug-likeness (QED) is 0.711. The second kappa shape index (κ2) is 7.61. The van der Waals surface area contributed by atoms with E-state index in [1.165, 1.54) is 0 Å². The number of benzene rings is 1. The Bertz CT molecular complexity index is 841. The average Bonchev–Trinajstić information content (AvgIpc) is 3.31. The van der Waals surface area contributed by atoms with Crippen molar-refractivity contribution in [1.82, 2.24) is 24.3 Å². The smallest absolute Gasteiger partial charge is 0.226 e. The summed E-state index contributed by atoms with van der Waals surface area (Å²) in [6, 6.07) is 5.50. The molecule has 0 aliphatic heterocycles. The van der Waals surface area contributed by atoms with E-state index in [1.807, 2.05) is 29.8 Å². The van der Waals surface area contributed by atoms with E-state index in [2.05, 4.69) is 20.5 Å². The minimum absolute atomic E-state index is 0.0880. The van der Waals surface area contributed by atoms with Crippen LogP contribution < -0.4 is 10.1 Å². The topological polar surface area (TPSA) is 86.9 Å². The van der Waals surface area contributed by atoms with Crippen LogP contribution in [0.25, 0.3) is 5.69 Å². The van der Waals surface area contributed by atoms with Gasteiger partial charge in [0.05, 0.1) is 18.5 Å². The van der Waals surface area contributed by atoms with E-state index in [0.29, 0.717) is 24.4 Å². The van der Waals surface area contributed by atoms with Gasteiger partial charge in [0.15, 0.2) is 0 Å².